The zero-order valence-electron chi connectivity index (χ0n) is 20.4. The van der Waals surface area contributed by atoms with E-state index in [0.717, 1.165) is 10.5 Å². The van der Waals surface area contributed by atoms with E-state index in [1.807, 2.05) is 38.1 Å². The van der Waals surface area contributed by atoms with Crippen molar-refractivity contribution < 1.29 is 23.9 Å². The first-order valence-corrected chi connectivity index (χ1v) is 11.8. The molecule has 3 aromatic carbocycles. The average Bonchev–Trinajstić information content (AvgIpc) is 3.11. The molecule has 0 atom stereocenters. The lowest BCUT2D eigenvalue weighted by molar-refractivity contribution is -0.120. The SMILES string of the molecule is COC(=O)c1cccc(N2C(=O)C(Cl)=C(Nc3cccc(C(=O)Nc4ccccc4C(C)C)c3)C2=O)c1. The van der Waals surface area contributed by atoms with Gasteiger partial charge in [-0.3, -0.25) is 14.4 Å². The van der Waals surface area contributed by atoms with Crippen LogP contribution in [0.5, 0.6) is 0 Å². The predicted molar refractivity (Wildman–Crippen MR) is 142 cm³/mol. The van der Waals surface area contributed by atoms with Gasteiger partial charge in [0.15, 0.2) is 0 Å². The second-order valence-corrected chi connectivity index (χ2v) is 8.96. The number of ether oxygens (including phenoxy) is 1. The Balaban J connectivity index is 1.55. The van der Waals surface area contributed by atoms with Crippen molar-refractivity contribution in [1.82, 2.24) is 0 Å². The van der Waals surface area contributed by atoms with Crippen LogP contribution >= 0.6 is 11.6 Å². The summed E-state index contributed by atoms with van der Waals surface area (Å²) in [4.78, 5) is 51.7. The average molecular weight is 518 g/mol. The van der Waals surface area contributed by atoms with Gasteiger partial charge in [0.1, 0.15) is 10.7 Å². The molecule has 1 aliphatic rings. The van der Waals surface area contributed by atoms with Crippen molar-refractivity contribution in [3.8, 4) is 0 Å². The van der Waals surface area contributed by atoms with Crippen molar-refractivity contribution >= 4 is 52.4 Å². The molecule has 0 radical (unpaired) electrons. The van der Waals surface area contributed by atoms with E-state index in [0.29, 0.717) is 16.9 Å². The van der Waals surface area contributed by atoms with Crippen LogP contribution in [-0.2, 0) is 14.3 Å². The van der Waals surface area contributed by atoms with Crippen molar-refractivity contribution in [2.24, 2.45) is 0 Å². The number of carbonyl (C=O) groups is 4. The van der Waals surface area contributed by atoms with Crippen LogP contribution in [0.3, 0.4) is 0 Å². The van der Waals surface area contributed by atoms with Gasteiger partial charge in [0, 0.05) is 16.9 Å². The number of hydrogen-bond donors (Lipinski definition) is 2. The van der Waals surface area contributed by atoms with Crippen molar-refractivity contribution in [2.75, 3.05) is 22.6 Å². The highest BCUT2D eigenvalue weighted by atomic mass is 35.5. The Morgan fingerprint density at radius 3 is 2.32 bits per heavy atom. The van der Waals surface area contributed by atoms with Gasteiger partial charge in [-0.25, -0.2) is 9.69 Å². The molecule has 0 saturated carbocycles. The Morgan fingerprint density at radius 1 is 0.892 bits per heavy atom. The summed E-state index contributed by atoms with van der Waals surface area (Å²) in [6, 6.07) is 20.0. The fourth-order valence-corrected chi connectivity index (χ4v) is 4.14. The fourth-order valence-electron chi connectivity index (χ4n) is 3.93. The van der Waals surface area contributed by atoms with Crippen LogP contribution in [0.4, 0.5) is 17.1 Å². The molecule has 3 amide bonds. The number of para-hydroxylation sites is 1. The van der Waals surface area contributed by atoms with E-state index >= 15 is 0 Å². The Morgan fingerprint density at radius 2 is 1.59 bits per heavy atom. The molecule has 188 valence electrons. The van der Waals surface area contributed by atoms with Crippen molar-refractivity contribution in [3.63, 3.8) is 0 Å². The summed E-state index contributed by atoms with van der Waals surface area (Å²) in [5.74, 6) is -2.15. The van der Waals surface area contributed by atoms with Gasteiger partial charge in [-0.1, -0.05) is 55.8 Å². The number of nitrogens with zero attached hydrogens (tertiary/aromatic N) is 1. The predicted octanol–water partition coefficient (Wildman–Crippen LogP) is 5.28. The zero-order valence-corrected chi connectivity index (χ0v) is 21.1. The minimum absolute atomic E-state index is 0.141. The highest BCUT2D eigenvalue weighted by molar-refractivity contribution is 6.53. The van der Waals surface area contributed by atoms with Gasteiger partial charge >= 0.3 is 5.97 Å². The van der Waals surface area contributed by atoms with Gasteiger partial charge in [-0.15, -0.1) is 0 Å². The number of amides is 3. The largest absolute Gasteiger partial charge is 0.465 e. The second-order valence-electron chi connectivity index (χ2n) is 8.58. The smallest absolute Gasteiger partial charge is 0.337 e. The number of benzene rings is 3. The van der Waals surface area contributed by atoms with Gasteiger partial charge in [0.25, 0.3) is 17.7 Å². The van der Waals surface area contributed by atoms with Crippen molar-refractivity contribution in [2.45, 2.75) is 19.8 Å². The van der Waals surface area contributed by atoms with Crippen LogP contribution in [0.25, 0.3) is 0 Å². The highest BCUT2D eigenvalue weighted by Crippen LogP contribution is 2.31. The van der Waals surface area contributed by atoms with Crippen LogP contribution < -0.4 is 15.5 Å². The first-order valence-electron chi connectivity index (χ1n) is 11.5. The molecule has 1 aliphatic heterocycles. The number of carbonyl (C=O) groups excluding carboxylic acids is 4. The molecule has 0 bridgehead atoms. The molecule has 9 heteroatoms. The molecular weight excluding hydrogens is 494 g/mol. The molecule has 0 fully saturated rings. The number of nitrogens with one attached hydrogen (secondary N) is 2. The summed E-state index contributed by atoms with van der Waals surface area (Å²) in [6.45, 7) is 4.09. The maximum Gasteiger partial charge on any atom is 0.337 e. The Bertz CT molecular complexity index is 1450. The normalized spacial score (nSPS) is 13.3. The summed E-state index contributed by atoms with van der Waals surface area (Å²) < 4.78 is 4.71. The first-order chi connectivity index (χ1) is 17.7. The number of esters is 1. The van der Waals surface area contributed by atoms with Gasteiger partial charge in [-0.05, 0) is 53.9 Å². The van der Waals surface area contributed by atoms with Crippen LogP contribution in [-0.4, -0.2) is 30.8 Å². The molecule has 0 aliphatic carbocycles. The number of methoxy groups -OCH3 is 1. The number of rotatable bonds is 7. The third-order valence-electron chi connectivity index (χ3n) is 5.78. The topological polar surface area (TPSA) is 105 Å². The Kier molecular flexibility index (Phi) is 7.40. The third kappa shape index (κ3) is 5.24. The number of hydrogen-bond acceptors (Lipinski definition) is 6. The summed E-state index contributed by atoms with van der Waals surface area (Å²) in [6.07, 6.45) is 0. The van der Waals surface area contributed by atoms with E-state index in [9.17, 15) is 19.2 Å². The lowest BCUT2D eigenvalue weighted by atomic mass is 10.0. The molecule has 0 aromatic heterocycles. The standard InChI is InChI=1S/C28H24ClN3O5/c1-16(2)21-12-4-5-13-22(21)31-25(33)17-8-6-10-19(14-17)30-24-23(29)26(34)32(27(24)35)20-11-7-9-18(15-20)28(36)37-3/h4-16,30H,1-3H3,(H,31,33). The third-order valence-corrected chi connectivity index (χ3v) is 6.13. The minimum Gasteiger partial charge on any atom is -0.465 e. The van der Waals surface area contributed by atoms with Gasteiger partial charge in [0.2, 0.25) is 0 Å². The van der Waals surface area contributed by atoms with E-state index in [2.05, 4.69) is 10.6 Å². The van der Waals surface area contributed by atoms with Crippen molar-refractivity contribution in [1.29, 1.82) is 0 Å². The molecule has 0 unspecified atom stereocenters. The molecule has 1 heterocycles. The van der Waals surface area contributed by atoms with Crippen LogP contribution in [0.2, 0.25) is 0 Å². The van der Waals surface area contributed by atoms with Gasteiger partial charge in [-0.2, -0.15) is 0 Å². The maximum atomic E-state index is 13.1. The Hall–Kier alpha value is -4.43. The molecule has 8 nitrogen and oxygen atoms in total. The van der Waals surface area contributed by atoms with Crippen LogP contribution in [0.15, 0.2) is 83.5 Å². The summed E-state index contributed by atoms with van der Waals surface area (Å²) in [5, 5.41) is 5.49. The molecule has 37 heavy (non-hydrogen) atoms. The lowest BCUT2D eigenvalue weighted by Crippen LogP contribution is -2.32. The van der Waals surface area contributed by atoms with E-state index in [-0.39, 0.29) is 33.8 Å². The second kappa shape index (κ2) is 10.7. The summed E-state index contributed by atoms with van der Waals surface area (Å²) in [5.41, 5.74) is 2.67. The monoisotopic (exact) mass is 517 g/mol. The Labute approximate surface area is 218 Å². The molecule has 2 N–H and O–H groups in total. The molecule has 0 saturated heterocycles. The molecular formula is C28H24ClN3O5. The zero-order chi connectivity index (χ0) is 26.7. The molecule has 0 spiro atoms. The summed E-state index contributed by atoms with van der Waals surface area (Å²) in [7, 11) is 1.24. The van der Waals surface area contributed by atoms with Gasteiger partial charge < -0.3 is 15.4 Å². The first kappa shape index (κ1) is 25.7. The van der Waals surface area contributed by atoms with E-state index in [4.69, 9.17) is 16.3 Å². The van der Waals surface area contributed by atoms with E-state index in [1.54, 1.807) is 24.3 Å². The number of halogens is 1. The fraction of sp³-hybridized carbons (Fsp3) is 0.143. The highest BCUT2D eigenvalue weighted by Gasteiger charge is 2.39. The lowest BCUT2D eigenvalue weighted by Gasteiger charge is -2.16. The number of anilines is 3. The van der Waals surface area contributed by atoms with E-state index < -0.39 is 17.8 Å². The van der Waals surface area contributed by atoms with Crippen molar-refractivity contribution in [3.05, 3.63) is 100 Å². The molecule has 3 aromatic rings. The minimum atomic E-state index is -0.740. The van der Waals surface area contributed by atoms with Gasteiger partial charge in [0.05, 0.1) is 18.4 Å². The number of imide groups is 1. The summed E-state index contributed by atoms with van der Waals surface area (Å²) >= 11 is 6.24. The maximum absolute atomic E-state index is 13.1. The quantitative estimate of drug-likeness (QED) is 0.326. The molecule has 4 rings (SSSR count). The van der Waals surface area contributed by atoms with E-state index in [1.165, 1.54) is 31.4 Å². The van der Waals surface area contributed by atoms with Crippen LogP contribution in [0, 0.1) is 0 Å². The van der Waals surface area contributed by atoms with Crippen LogP contribution in [0.1, 0.15) is 46.0 Å².